The number of hydrogen-bond donors (Lipinski definition) is 1. The van der Waals surface area contributed by atoms with Crippen LogP contribution in [0.1, 0.15) is 0 Å². The van der Waals surface area contributed by atoms with Crippen LogP contribution < -0.4 is 10.2 Å². The molecular weight excluding hydrogens is 329 g/mol. The Hall–Kier alpha value is -1.00. The van der Waals surface area contributed by atoms with Crippen LogP contribution in [-0.4, -0.2) is 31.2 Å². The smallest absolute Gasteiger partial charge is 0.0367 e. The minimum Gasteiger partial charge on any atom is -0.369 e. The Labute approximate surface area is 144 Å². The first-order chi connectivity index (χ1) is 8.93. The molecule has 3 rings (SSSR count). The lowest BCUT2D eigenvalue weighted by molar-refractivity contribution is 0.589. The summed E-state index contributed by atoms with van der Waals surface area (Å²) in [5, 5.41) is 3.37. The van der Waals surface area contributed by atoms with Crippen LogP contribution in [-0.2, 0) is 0 Å². The van der Waals surface area contributed by atoms with Crippen molar-refractivity contribution in [2.75, 3.05) is 31.1 Å². The molecule has 0 aliphatic carbocycles. The molecule has 0 atom stereocenters. The molecule has 0 unspecified atom stereocenters. The van der Waals surface area contributed by atoms with Crippen LogP contribution >= 0.6 is 37.2 Å². The van der Waals surface area contributed by atoms with Crippen LogP contribution in [0.4, 0.5) is 5.69 Å². The fraction of sp³-hybridized carbons (Fsp3) is 0.267. The summed E-state index contributed by atoms with van der Waals surface area (Å²) in [6.07, 6.45) is 3.71. The van der Waals surface area contributed by atoms with Gasteiger partial charge in [0.1, 0.15) is 0 Å². The van der Waals surface area contributed by atoms with Crippen LogP contribution in [0, 0.1) is 0 Å². The van der Waals surface area contributed by atoms with E-state index in [1.807, 2.05) is 12.3 Å². The molecule has 21 heavy (non-hydrogen) atoms. The van der Waals surface area contributed by atoms with E-state index in [-0.39, 0.29) is 37.2 Å². The van der Waals surface area contributed by atoms with Crippen molar-refractivity contribution in [3.63, 3.8) is 0 Å². The third-order valence-electron chi connectivity index (χ3n) is 3.34. The largest absolute Gasteiger partial charge is 0.369 e. The maximum Gasteiger partial charge on any atom is 0.0367 e. The summed E-state index contributed by atoms with van der Waals surface area (Å²) >= 11 is 0. The van der Waals surface area contributed by atoms with Gasteiger partial charge in [0.05, 0.1) is 0 Å². The molecule has 1 aromatic heterocycles. The summed E-state index contributed by atoms with van der Waals surface area (Å²) in [4.78, 5) is 6.57. The normalized spacial score (nSPS) is 13.4. The van der Waals surface area contributed by atoms with Gasteiger partial charge in [0, 0.05) is 44.3 Å². The van der Waals surface area contributed by atoms with E-state index in [1.165, 1.54) is 16.8 Å². The van der Waals surface area contributed by atoms with Crippen LogP contribution in [0.25, 0.3) is 11.1 Å². The van der Waals surface area contributed by atoms with E-state index in [0.717, 1.165) is 26.2 Å². The molecule has 0 spiro atoms. The first kappa shape index (κ1) is 20.0. The summed E-state index contributed by atoms with van der Waals surface area (Å²) in [6.45, 7) is 4.33. The van der Waals surface area contributed by atoms with Crippen molar-refractivity contribution in [3.05, 3.63) is 48.8 Å². The molecule has 2 aromatic rings. The van der Waals surface area contributed by atoms with E-state index in [9.17, 15) is 0 Å². The van der Waals surface area contributed by atoms with Gasteiger partial charge in [-0.1, -0.05) is 18.2 Å². The Morgan fingerprint density at radius 2 is 1.52 bits per heavy atom. The maximum atomic E-state index is 4.15. The number of pyridine rings is 1. The lowest BCUT2D eigenvalue weighted by atomic mass is 10.1. The molecule has 0 amide bonds. The Balaban J connectivity index is 0.00000133. The van der Waals surface area contributed by atoms with Gasteiger partial charge in [0.15, 0.2) is 0 Å². The first-order valence-corrected chi connectivity index (χ1v) is 6.39. The van der Waals surface area contributed by atoms with Gasteiger partial charge < -0.3 is 10.2 Å². The third-order valence-corrected chi connectivity index (χ3v) is 3.34. The van der Waals surface area contributed by atoms with E-state index < -0.39 is 0 Å². The topological polar surface area (TPSA) is 28.2 Å². The van der Waals surface area contributed by atoms with Gasteiger partial charge in [-0.15, -0.1) is 37.2 Å². The number of benzene rings is 1. The number of rotatable bonds is 2. The fourth-order valence-corrected chi connectivity index (χ4v) is 2.32. The van der Waals surface area contributed by atoms with Gasteiger partial charge in [-0.05, 0) is 29.3 Å². The number of aromatic nitrogens is 1. The predicted octanol–water partition coefficient (Wildman–Crippen LogP) is 3.42. The van der Waals surface area contributed by atoms with E-state index >= 15 is 0 Å². The Morgan fingerprint density at radius 1 is 0.857 bits per heavy atom. The zero-order valence-corrected chi connectivity index (χ0v) is 14.0. The molecule has 1 aromatic carbocycles. The zero-order valence-electron chi connectivity index (χ0n) is 11.6. The van der Waals surface area contributed by atoms with Crippen LogP contribution in [0.3, 0.4) is 0 Å². The summed E-state index contributed by atoms with van der Waals surface area (Å²) < 4.78 is 0. The zero-order chi connectivity index (χ0) is 12.2. The Bertz CT molecular complexity index is 499. The molecule has 3 nitrogen and oxygen atoms in total. The number of halogens is 3. The van der Waals surface area contributed by atoms with Crippen molar-refractivity contribution in [2.45, 2.75) is 0 Å². The van der Waals surface area contributed by atoms with Crippen molar-refractivity contribution < 1.29 is 0 Å². The molecule has 1 saturated heterocycles. The van der Waals surface area contributed by atoms with E-state index in [2.05, 4.69) is 45.5 Å². The highest BCUT2D eigenvalue weighted by molar-refractivity contribution is 5.86. The lowest BCUT2D eigenvalue weighted by Crippen LogP contribution is -2.43. The molecule has 1 aliphatic heterocycles. The van der Waals surface area contributed by atoms with Crippen LogP contribution in [0.5, 0.6) is 0 Å². The second kappa shape index (κ2) is 9.85. The molecule has 6 heteroatoms. The van der Waals surface area contributed by atoms with Gasteiger partial charge in [-0.2, -0.15) is 0 Å². The van der Waals surface area contributed by atoms with Gasteiger partial charge >= 0.3 is 0 Å². The molecule has 2 heterocycles. The molecule has 1 fully saturated rings. The summed E-state index contributed by atoms with van der Waals surface area (Å²) in [5.74, 6) is 0. The number of hydrogen-bond acceptors (Lipinski definition) is 3. The van der Waals surface area contributed by atoms with Crippen molar-refractivity contribution in [3.8, 4) is 11.1 Å². The molecular formula is C15H20Cl3N3. The summed E-state index contributed by atoms with van der Waals surface area (Å²) in [5.41, 5.74) is 3.70. The van der Waals surface area contributed by atoms with Crippen molar-refractivity contribution >= 4 is 42.9 Å². The van der Waals surface area contributed by atoms with Crippen LogP contribution in [0.15, 0.2) is 48.8 Å². The van der Waals surface area contributed by atoms with E-state index in [1.54, 1.807) is 6.20 Å². The molecule has 1 aliphatic rings. The standard InChI is InChI=1S/C15H17N3.3ClH/c1-2-14(12-17-7-1)13-3-5-15(6-4-13)18-10-8-16-9-11-18;;;/h1-7,12,16H,8-11H2;3*1H. The third kappa shape index (κ3) is 5.04. The average molecular weight is 349 g/mol. The highest BCUT2D eigenvalue weighted by Gasteiger charge is 2.09. The van der Waals surface area contributed by atoms with Gasteiger partial charge in [-0.25, -0.2) is 0 Å². The molecule has 0 bridgehead atoms. The number of anilines is 1. The van der Waals surface area contributed by atoms with Gasteiger partial charge in [0.2, 0.25) is 0 Å². The summed E-state index contributed by atoms with van der Waals surface area (Å²) in [7, 11) is 0. The summed E-state index contributed by atoms with van der Waals surface area (Å²) in [6, 6.07) is 12.8. The SMILES string of the molecule is Cl.Cl.Cl.c1cncc(-c2ccc(N3CCNCC3)cc2)c1. The minimum absolute atomic E-state index is 0. The van der Waals surface area contributed by atoms with Gasteiger partial charge in [0.25, 0.3) is 0 Å². The lowest BCUT2D eigenvalue weighted by Gasteiger charge is -2.29. The van der Waals surface area contributed by atoms with Gasteiger partial charge in [-0.3, -0.25) is 4.98 Å². The monoisotopic (exact) mass is 347 g/mol. The fourth-order valence-electron chi connectivity index (χ4n) is 2.32. The van der Waals surface area contributed by atoms with Crippen molar-refractivity contribution in [1.29, 1.82) is 0 Å². The molecule has 0 radical (unpaired) electrons. The van der Waals surface area contributed by atoms with Crippen molar-refractivity contribution in [2.24, 2.45) is 0 Å². The predicted molar refractivity (Wildman–Crippen MR) is 96.5 cm³/mol. The highest BCUT2D eigenvalue weighted by Crippen LogP contribution is 2.22. The number of nitrogens with one attached hydrogen (secondary N) is 1. The first-order valence-electron chi connectivity index (χ1n) is 6.39. The average Bonchev–Trinajstić information content (AvgIpc) is 2.49. The molecule has 1 N–H and O–H groups in total. The second-order valence-electron chi connectivity index (χ2n) is 4.53. The van der Waals surface area contributed by atoms with Crippen molar-refractivity contribution in [1.82, 2.24) is 10.3 Å². The van der Waals surface area contributed by atoms with E-state index in [4.69, 9.17) is 0 Å². The van der Waals surface area contributed by atoms with E-state index in [0.29, 0.717) is 0 Å². The Morgan fingerprint density at radius 3 is 2.10 bits per heavy atom. The van der Waals surface area contributed by atoms with Crippen LogP contribution in [0.2, 0.25) is 0 Å². The molecule has 116 valence electrons. The molecule has 0 saturated carbocycles. The number of piperazine rings is 1. The highest BCUT2D eigenvalue weighted by atomic mass is 35.5. The minimum atomic E-state index is 0. The number of nitrogens with zero attached hydrogens (tertiary/aromatic N) is 2. The quantitative estimate of drug-likeness (QED) is 0.901. The Kier molecular flexibility index (Phi) is 9.38. The second-order valence-corrected chi connectivity index (χ2v) is 4.53. The maximum absolute atomic E-state index is 4.15.